The van der Waals surface area contributed by atoms with E-state index in [2.05, 4.69) is 36.6 Å². The molecule has 2 saturated carbocycles. The van der Waals surface area contributed by atoms with Gasteiger partial charge >= 0.3 is 0 Å². The largest absolute Gasteiger partial charge is 0.474 e. The predicted octanol–water partition coefficient (Wildman–Crippen LogP) is 7.04. The fourth-order valence-electron chi connectivity index (χ4n) is 10.2. The molecule has 0 radical (unpaired) electrons. The molecule has 5 aromatic heterocycles. The Labute approximate surface area is 329 Å². The number of amides is 2. The number of pyridine rings is 3. The van der Waals surface area contributed by atoms with Crippen LogP contribution in [0.4, 0.5) is 0 Å². The minimum atomic E-state index is -0.0239. The molecule has 2 amide bonds. The molecular formula is C44H44ClN7O4. The van der Waals surface area contributed by atoms with Gasteiger partial charge in [-0.1, -0.05) is 11.6 Å². The maximum atomic E-state index is 13.0. The summed E-state index contributed by atoms with van der Waals surface area (Å²) in [5.41, 5.74) is 14.9. The van der Waals surface area contributed by atoms with Crippen molar-refractivity contribution in [3.63, 3.8) is 0 Å². The smallest absolute Gasteiger partial charge is 0.253 e. The SMILES string of the molecule is O=C1NC2(CCC2)Cc2[nH]c3c(c21)CCc1cnc(-c2ccc(OC4CCOCC4)nc2)cc1-3.O=C1NC2(CCC2)Cc2[nH]c3c(c21)CCc1cnc(Cl)cc1-3. The Balaban J connectivity index is 0.000000142. The molecule has 3 aliphatic heterocycles. The number of hydrogen-bond acceptors (Lipinski definition) is 7. The van der Waals surface area contributed by atoms with Crippen molar-refractivity contribution in [3.05, 3.63) is 92.8 Å². The zero-order valence-electron chi connectivity index (χ0n) is 31.3. The summed E-state index contributed by atoms with van der Waals surface area (Å²) in [7, 11) is 0. The van der Waals surface area contributed by atoms with E-state index in [1.54, 1.807) is 0 Å². The summed E-state index contributed by atoms with van der Waals surface area (Å²) < 4.78 is 11.4. The van der Waals surface area contributed by atoms with Gasteiger partial charge in [-0.25, -0.2) is 9.97 Å². The van der Waals surface area contributed by atoms with Crippen LogP contribution in [-0.4, -0.2) is 67.1 Å². The van der Waals surface area contributed by atoms with Crippen LogP contribution in [0.3, 0.4) is 0 Å². The number of aromatic amines is 2. The molecule has 12 rings (SSSR count). The molecule has 4 aliphatic carbocycles. The van der Waals surface area contributed by atoms with Crippen molar-refractivity contribution < 1.29 is 19.1 Å². The van der Waals surface area contributed by atoms with Gasteiger partial charge in [-0.2, -0.15) is 0 Å². The minimum Gasteiger partial charge on any atom is -0.474 e. The molecule has 1 saturated heterocycles. The predicted molar refractivity (Wildman–Crippen MR) is 211 cm³/mol. The van der Waals surface area contributed by atoms with Gasteiger partial charge in [0.25, 0.3) is 11.8 Å². The quantitative estimate of drug-likeness (QED) is 0.144. The fourth-order valence-corrected chi connectivity index (χ4v) is 10.4. The molecule has 2 spiro atoms. The van der Waals surface area contributed by atoms with E-state index in [1.807, 2.05) is 36.8 Å². The summed E-state index contributed by atoms with van der Waals surface area (Å²) in [5, 5.41) is 7.08. The third kappa shape index (κ3) is 5.68. The molecule has 0 unspecified atom stereocenters. The summed E-state index contributed by atoms with van der Waals surface area (Å²) in [6, 6.07) is 8.00. The average Bonchev–Trinajstić information content (AvgIpc) is 3.77. The van der Waals surface area contributed by atoms with Crippen LogP contribution in [0.2, 0.25) is 5.15 Å². The number of carbonyl (C=O) groups is 2. The van der Waals surface area contributed by atoms with E-state index >= 15 is 0 Å². The molecule has 12 heteroatoms. The summed E-state index contributed by atoms with van der Waals surface area (Å²) in [6.45, 7) is 1.49. The summed E-state index contributed by atoms with van der Waals surface area (Å²) in [5.74, 6) is 0.839. The number of fused-ring (bicyclic) bond motifs is 10. The summed E-state index contributed by atoms with van der Waals surface area (Å²) in [6.07, 6.45) is 19.8. The van der Waals surface area contributed by atoms with E-state index < -0.39 is 0 Å². The number of rotatable bonds is 3. The molecule has 286 valence electrons. The Kier molecular flexibility index (Phi) is 7.97. The monoisotopic (exact) mass is 769 g/mol. The zero-order valence-corrected chi connectivity index (χ0v) is 32.0. The van der Waals surface area contributed by atoms with Gasteiger partial charge in [0.2, 0.25) is 5.88 Å². The second-order valence-electron chi connectivity index (χ2n) is 16.9. The molecular weight excluding hydrogens is 726 g/mol. The summed E-state index contributed by atoms with van der Waals surface area (Å²) in [4.78, 5) is 46.3. The van der Waals surface area contributed by atoms with Crippen molar-refractivity contribution in [2.45, 2.75) is 107 Å². The third-order valence-electron chi connectivity index (χ3n) is 13.5. The normalized spacial score (nSPS) is 20.7. The Hall–Kier alpha value is -5.00. The molecule has 7 aliphatic rings. The van der Waals surface area contributed by atoms with Crippen molar-refractivity contribution in [3.8, 4) is 39.7 Å². The van der Waals surface area contributed by atoms with E-state index in [-0.39, 0.29) is 29.0 Å². The highest BCUT2D eigenvalue weighted by molar-refractivity contribution is 6.29. The second-order valence-corrected chi connectivity index (χ2v) is 17.3. The number of nitrogens with one attached hydrogen (secondary N) is 4. The van der Waals surface area contributed by atoms with Crippen LogP contribution in [0.25, 0.3) is 33.8 Å². The first-order valence-electron chi connectivity index (χ1n) is 20.3. The third-order valence-corrected chi connectivity index (χ3v) is 13.7. The van der Waals surface area contributed by atoms with Crippen molar-refractivity contribution in [2.24, 2.45) is 0 Å². The lowest BCUT2D eigenvalue weighted by Gasteiger charge is -2.45. The van der Waals surface area contributed by atoms with E-state index in [1.165, 1.54) is 24.0 Å². The van der Waals surface area contributed by atoms with Crippen LogP contribution in [0, 0.1) is 0 Å². The van der Waals surface area contributed by atoms with Crippen LogP contribution in [-0.2, 0) is 43.3 Å². The molecule has 56 heavy (non-hydrogen) atoms. The fraction of sp³-hybridized carbons (Fsp3) is 0.432. The summed E-state index contributed by atoms with van der Waals surface area (Å²) >= 11 is 6.07. The molecule has 0 aromatic carbocycles. The maximum absolute atomic E-state index is 13.0. The lowest BCUT2D eigenvalue weighted by atomic mass is 9.71. The minimum absolute atomic E-state index is 0.0102. The number of hydrogen-bond donors (Lipinski definition) is 4. The van der Waals surface area contributed by atoms with Crippen LogP contribution < -0.4 is 15.4 Å². The van der Waals surface area contributed by atoms with Gasteiger partial charge in [0.1, 0.15) is 11.3 Å². The Morgan fingerprint density at radius 1 is 0.714 bits per heavy atom. The molecule has 11 nitrogen and oxygen atoms in total. The Bertz CT molecular complexity index is 2420. The van der Waals surface area contributed by atoms with Gasteiger partial charge in [-0.3, -0.25) is 14.6 Å². The molecule has 4 N–H and O–H groups in total. The van der Waals surface area contributed by atoms with Crippen molar-refractivity contribution >= 4 is 23.4 Å². The molecule has 0 atom stereocenters. The molecule has 8 heterocycles. The van der Waals surface area contributed by atoms with Gasteiger partial charge in [0, 0.05) is 89.5 Å². The van der Waals surface area contributed by atoms with Gasteiger partial charge in [-0.15, -0.1) is 0 Å². The Morgan fingerprint density at radius 2 is 1.30 bits per heavy atom. The number of ether oxygens (including phenoxy) is 2. The lowest BCUT2D eigenvalue weighted by molar-refractivity contribution is 0.0237. The first-order valence-corrected chi connectivity index (χ1v) is 20.7. The van der Waals surface area contributed by atoms with Gasteiger partial charge in [-0.05, 0) is 105 Å². The van der Waals surface area contributed by atoms with Crippen LogP contribution in [0.1, 0.15) is 106 Å². The van der Waals surface area contributed by atoms with E-state index in [0.717, 1.165) is 158 Å². The second kappa shape index (κ2) is 13.0. The first-order chi connectivity index (χ1) is 27.3. The molecule has 5 aromatic rings. The number of aryl methyl sites for hydroxylation is 2. The van der Waals surface area contributed by atoms with Crippen molar-refractivity contribution in [1.82, 2.24) is 35.6 Å². The molecule has 3 fully saturated rings. The highest BCUT2D eigenvalue weighted by atomic mass is 35.5. The Morgan fingerprint density at radius 3 is 1.86 bits per heavy atom. The van der Waals surface area contributed by atoms with E-state index in [4.69, 9.17) is 26.1 Å². The lowest BCUT2D eigenvalue weighted by Crippen LogP contribution is -2.58. The number of nitrogens with zero attached hydrogens (tertiary/aromatic N) is 3. The van der Waals surface area contributed by atoms with Gasteiger partial charge < -0.3 is 30.1 Å². The zero-order chi connectivity index (χ0) is 37.6. The highest BCUT2D eigenvalue weighted by Crippen LogP contribution is 2.45. The van der Waals surface area contributed by atoms with E-state index in [0.29, 0.717) is 11.0 Å². The number of halogens is 1. The van der Waals surface area contributed by atoms with Gasteiger partial charge in [0.15, 0.2) is 0 Å². The number of aromatic nitrogens is 5. The highest BCUT2D eigenvalue weighted by Gasteiger charge is 2.46. The first kappa shape index (κ1) is 34.3. The standard InChI is InChI=1S/C27H28N4O3.C17H16ClN3O/c32-26-24-19-4-2-16-14-28-21(17-3-5-23(29-15-17)34-18-6-10-33-11-7-18)12-20(16)25(19)30-22(24)13-27(31-26)8-1-9-27;18-13-6-11-9(8-19-13)2-3-10-14-12(20-15(10)11)7-17(4-1-5-17)21-16(14)22/h3,5,12,14-15,18,30H,1-2,4,6-11,13H2,(H,31,32);6,8,20H,1-5,7H2,(H,21,22). The van der Waals surface area contributed by atoms with Crippen LogP contribution in [0.5, 0.6) is 5.88 Å². The average molecular weight is 770 g/mol. The van der Waals surface area contributed by atoms with Gasteiger partial charge in [0.05, 0.1) is 41.4 Å². The number of H-pyrrole nitrogens is 2. The van der Waals surface area contributed by atoms with Crippen molar-refractivity contribution in [2.75, 3.05) is 13.2 Å². The molecule has 0 bridgehead atoms. The number of carbonyl (C=O) groups excluding carboxylic acids is 2. The topological polar surface area (TPSA) is 147 Å². The van der Waals surface area contributed by atoms with Crippen LogP contribution >= 0.6 is 11.6 Å². The van der Waals surface area contributed by atoms with E-state index in [9.17, 15) is 9.59 Å². The van der Waals surface area contributed by atoms with Crippen molar-refractivity contribution in [1.29, 1.82) is 0 Å². The maximum Gasteiger partial charge on any atom is 0.253 e. The van der Waals surface area contributed by atoms with Crippen LogP contribution in [0.15, 0.2) is 42.9 Å².